The second-order valence-corrected chi connectivity index (χ2v) is 5.34. The Morgan fingerprint density at radius 2 is 1.81 bits per heavy atom. The smallest absolute Gasteiger partial charge is 0.319 e. The van der Waals surface area contributed by atoms with Crippen LogP contribution in [0.5, 0.6) is 0 Å². The molecule has 3 N–H and O–H groups in total. The highest BCUT2D eigenvalue weighted by atomic mass is 16.2. The summed E-state index contributed by atoms with van der Waals surface area (Å²) >= 11 is 0. The SMILES string of the molecule is CCCCCCNC(=O)Nc1ccc(C(C)NCC)cc1. The van der Waals surface area contributed by atoms with Crippen LogP contribution in [0.4, 0.5) is 10.5 Å². The van der Waals surface area contributed by atoms with Crippen LogP contribution in [0.3, 0.4) is 0 Å². The average molecular weight is 291 g/mol. The highest BCUT2D eigenvalue weighted by Crippen LogP contribution is 2.15. The molecule has 1 atom stereocenters. The number of hydrogen-bond acceptors (Lipinski definition) is 2. The van der Waals surface area contributed by atoms with Gasteiger partial charge in [0.25, 0.3) is 0 Å². The predicted octanol–water partition coefficient (Wildman–Crippen LogP) is 4.06. The third-order valence-corrected chi connectivity index (χ3v) is 3.49. The Bertz CT molecular complexity index is 403. The lowest BCUT2D eigenvalue weighted by molar-refractivity contribution is 0.252. The van der Waals surface area contributed by atoms with Gasteiger partial charge in [0.15, 0.2) is 0 Å². The monoisotopic (exact) mass is 291 g/mol. The van der Waals surface area contributed by atoms with Gasteiger partial charge in [0.1, 0.15) is 0 Å². The van der Waals surface area contributed by atoms with Crippen molar-refractivity contribution in [1.82, 2.24) is 10.6 Å². The Kier molecular flexibility index (Phi) is 8.51. The molecule has 0 bridgehead atoms. The fraction of sp³-hybridized carbons (Fsp3) is 0.588. The zero-order chi connectivity index (χ0) is 15.5. The first-order chi connectivity index (χ1) is 10.2. The second kappa shape index (κ2) is 10.2. The van der Waals surface area contributed by atoms with Gasteiger partial charge in [-0.3, -0.25) is 0 Å². The number of unbranched alkanes of at least 4 members (excludes halogenated alkanes) is 3. The average Bonchev–Trinajstić information content (AvgIpc) is 2.48. The molecule has 0 saturated carbocycles. The molecule has 0 aromatic heterocycles. The van der Waals surface area contributed by atoms with Crippen molar-refractivity contribution in [3.63, 3.8) is 0 Å². The molecule has 0 saturated heterocycles. The maximum Gasteiger partial charge on any atom is 0.319 e. The van der Waals surface area contributed by atoms with E-state index in [-0.39, 0.29) is 6.03 Å². The highest BCUT2D eigenvalue weighted by molar-refractivity contribution is 5.89. The predicted molar refractivity (Wildman–Crippen MR) is 89.7 cm³/mol. The molecule has 0 radical (unpaired) electrons. The number of hydrogen-bond donors (Lipinski definition) is 3. The molecule has 0 aliphatic carbocycles. The lowest BCUT2D eigenvalue weighted by Crippen LogP contribution is -2.29. The van der Waals surface area contributed by atoms with Crippen molar-refractivity contribution in [3.8, 4) is 0 Å². The summed E-state index contributed by atoms with van der Waals surface area (Å²) in [6.07, 6.45) is 4.66. The van der Waals surface area contributed by atoms with Gasteiger partial charge < -0.3 is 16.0 Å². The first-order valence-corrected chi connectivity index (χ1v) is 8.05. The molecule has 0 spiro atoms. The number of carbonyl (C=O) groups excluding carboxylic acids is 1. The largest absolute Gasteiger partial charge is 0.338 e. The van der Waals surface area contributed by atoms with Crippen LogP contribution in [0.1, 0.15) is 58.1 Å². The van der Waals surface area contributed by atoms with Crippen LogP contribution in [0, 0.1) is 0 Å². The fourth-order valence-electron chi connectivity index (χ4n) is 2.21. The number of nitrogens with one attached hydrogen (secondary N) is 3. The van der Waals surface area contributed by atoms with Gasteiger partial charge >= 0.3 is 6.03 Å². The number of benzene rings is 1. The number of anilines is 1. The maximum absolute atomic E-state index is 11.7. The third kappa shape index (κ3) is 7.14. The second-order valence-electron chi connectivity index (χ2n) is 5.34. The summed E-state index contributed by atoms with van der Waals surface area (Å²) < 4.78 is 0. The molecule has 0 fully saturated rings. The van der Waals surface area contributed by atoms with Gasteiger partial charge in [-0.15, -0.1) is 0 Å². The van der Waals surface area contributed by atoms with E-state index in [1.807, 2.05) is 24.3 Å². The van der Waals surface area contributed by atoms with E-state index >= 15 is 0 Å². The van der Waals surface area contributed by atoms with Crippen molar-refractivity contribution in [1.29, 1.82) is 0 Å². The summed E-state index contributed by atoms with van der Waals surface area (Å²) in [5.74, 6) is 0. The van der Waals surface area contributed by atoms with Gasteiger partial charge in [0.2, 0.25) is 0 Å². The van der Waals surface area contributed by atoms with Gasteiger partial charge in [0.05, 0.1) is 0 Å². The molecular weight excluding hydrogens is 262 g/mol. The van der Waals surface area contributed by atoms with Crippen LogP contribution in [0.25, 0.3) is 0 Å². The maximum atomic E-state index is 11.7. The minimum absolute atomic E-state index is 0.126. The molecule has 4 nitrogen and oxygen atoms in total. The van der Waals surface area contributed by atoms with Gasteiger partial charge in [-0.1, -0.05) is 45.2 Å². The number of amides is 2. The summed E-state index contributed by atoms with van der Waals surface area (Å²) in [6.45, 7) is 8.09. The van der Waals surface area contributed by atoms with Gasteiger partial charge in [-0.05, 0) is 37.6 Å². The van der Waals surface area contributed by atoms with Crippen LogP contribution in [0.2, 0.25) is 0 Å². The first kappa shape index (κ1) is 17.5. The lowest BCUT2D eigenvalue weighted by atomic mass is 10.1. The molecule has 0 aliphatic rings. The minimum Gasteiger partial charge on any atom is -0.338 e. The molecule has 0 heterocycles. The van der Waals surface area contributed by atoms with Gasteiger partial charge in [-0.25, -0.2) is 4.79 Å². The van der Waals surface area contributed by atoms with E-state index in [0.717, 1.165) is 25.2 Å². The first-order valence-electron chi connectivity index (χ1n) is 8.05. The Morgan fingerprint density at radius 1 is 1.10 bits per heavy atom. The molecule has 1 unspecified atom stereocenters. The molecule has 4 heteroatoms. The topological polar surface area (TPSA) is 53.2 Å². The van der Waals surface area contributed by atoms with Crippen molar-refractivity contribution >= 4 is 11.7 Å². The summed E-state index contributed by atoms with van der Waals surface area (Å²) in [6, 6.07) is 8.18. The van der Waals surface area contributed by atoms with Crippen LogP contribution >= 0.6 is 0 Å². The molecule has 118 valence electrons. The summed E-state index contributed by atoms with van der Waals surface area (Å²) in [5.41, 5.74) is 2.05. The van der Waals surface area contributed by atoms with E-state index in [0.29, 0.717) is 6.04 Å². The Morgan fingerprint density at radius 3 is 2.43 bits per heavy atom. The van der Waals surface area contributed by atoms with Crippen molar-refractivity contribution < 1.29 is 4.79 Å². The fourth-order valence-corrected chi connectivity index (χ4v) is 2.21. The highest BCUT2D eigenvalue weighted by Gasteiger charge is 2.04. The van der Waals surface area contributed by atoms with E-state index in [1.54, 1.807) is 0 Å². The van der Waals surface area contributed by atoms with E-state index in [1.165, 1.54) is 24.8 Å². The standard InChI is InChI=1S/C17H29N3O/c1-4-6-7-8-13-19-17(21)20-16-11-9-15(10-12-16)14(3)18-5-2/h9-12,14,18H,4-8,13H2,1-3H3,(H2,19,20,21). The number of urea groups is 1. The molecular formula is C17H29N3O. The molecule has 1 aromatic carbocycles. The Balaban J connectivity index is 2.32. The van der Waals surface area contributed by atoms with Crippen molar-refractivity contribution in [3.05, 3.63) is 29.8 Å². The van der Waals surface area contributed by atoms with E-state index in [2.05, 4.69) is 36.7 Å². The van der Waals surface area contributed by atoms with E-state index in [4.69, 9.17) is 0 Å². The van der Waals surface area contributed by atoms with Crippen LogP contribution in [-0.2, 0) is 0 Å². The zero-order valence-corrected chi connectivity index (χ0v) is 13.5. The molecule has 2 amide bonds. The lowest BCUT2D eigenvalue weighted by Gasteiger charge is -2.13. The van der Waals surface area contributed by atoms with Crippen LogP contribution in [0.15, 0.2) is 24.3 Å². The Hall–Kier alpha value is -1.55. The van der Waals surface area contributed by atoms with Crippen LogP contribution in [-0.4, -0.2) is 19.1 Å². The van der Waals surface area contributed by atoms with Gasteiger partial charge in [-0.2, -0.15) is 0 Å². The molecule has 21 heavy (non-hydrogen) atoms. The van der Waals surface area contributed by atoms with Crippen molar-refractivity contribution in [2.75, 3.05) is 18.4 Å². The Labute approximate surface area is 128 Å². The normalized spacial score (nSPS) is 12.0. The summed E-state index contributed by atoms with van der Waals surface area (Å²) in [7, 11) is 0. The molecule has 1 aromatic rings. The van der Waals surface area contributed by atoms with E-state index in [9.17, 15) is 4.79 Å². The number of carbonyl (C=O) groups is 1. The summed E-state index contributed by atoms with van der Waals surface area (Å²) in [5, 5.41) is 9.11. The quantitative estimate of drug-likeness (QED) is 0.601. The minimum atomic E-state index is -0.126. The molecule has 0 aliphatic heterocycles. The van der Waals surface area contributed by atoms with E-state index < -0.39 is 0 Å². The van der Waals surface area contributed by atoms with Gasteiger partial charge in [0, 0.05) is 18.3 Å². The zero-order valence-electron chi connectivity index (χ0n) is 13.5. The molecule has 1 rings (SSSR count). The van der Waals surface area contributed by atoms with Crippen molar-refractivity contribution in [2.45, 2.75) is 52.5 Å². The van der Waals surface area contributed by atoms with Crippen molar-refractivity contribution in [2.24, 2.45) is 0 Å². The number of rotatable bonds is 9. The summed E-state index contributed by atoms with van der Waals surface area (Å²) in [4.78, 5) is 11.7. The third-order valence-electron chi connectivity index (χ3n) is 3.49. The van der Waals surface area contributed by atoms with Crippen LogP contribution < -0.4 is 16.0 Å².